The second-order valence-electron chi connectivity index (χ2n) is 1.25. The van der Waals surface area contributed by atoms with E-state index < -0.39 is 11.9 Å². The first kappa shape index (κ1) is 12.0. The van der Waals surface area contributed by atoms with Crippen LogP contribution in [0, 0.1) is 0 Å². The molecular weight excluding hydrogens is 154 g/mol. The van der Waals surface area contributed by atoms with Crippen LogP contribution >= 0.6 is 0 Å². The molecule has 2 N–H and O–H groups in total. The molecule has 62 valence electrons. The Hall–Kier alpha value is -1.68. The Labute approximate surface area is 62.2 Å². The fourth-order valence-electron chi connectivity index (χ4n) is 0.236. The molecule has 0 aromatic rings. The summed E-state index contributed by atoms with van der Waals surface area (Å²) in [6.07, 6.45) is 0.250. The average Bonchev–Trinajstić information content (AvgIpc) is 1.90. The fraction of sp³-hybridized carbons (Fsp3) is 0.400. The summed E-state index contributed by atoms with van der Waals surface area (Å²) >= 11 is 0. The molecule has 0 aromatic heterocycles. The summed E-state index contributed by atoms with van der Waals surface area (Å²) in [5.74, 6) is -2.39. The van der Waals surface area contributed by atoms with Crippen LogP contribution in [0.3, 0.4) is 0 Å². The van der Waals surface area contributed by atoms with Crippen molar-refractivity contribution < 1.29 is 24.3 Å². The van der Waals surface area contributed by atoms with Crippen molar-refractivity contribution in [3.05, 3.63) is 0 Å². The molecular formula is C5H7NO5. The zero-order valence-corrected chi connectivity index (χ0v) is 5.79. The van der Waals surface area contributed by atoms with Crippen LogP contribution in [0.15, 0.2) is 0 Å². The first-order valence-electron chi connectivity index (χ1n) is 2.60. The van der Waals surface area contributed by atoms with Crippen molar-refractivity contribution in [2.24, 2.45) is 0 Å². The Morgan fingerprint density at radius 3 is 1.91 bits per heavy atom. The van der Waals surface area contributed by atoms with Crippen LogP contribution in [0.5, 0.6) is 0 Å². The largest absolute Gasteiger partial charge is 0.474 e. The Morgan fingerprint density at radius 1 is 1.45 bits per heavy atom. The number of aliphatic carboxylic acids is 1. The third kappa shape index (κ3) is 11.7. The molecule has 0 saturated carbocycles. The maximum absolute atomic E-state index is 10.0. The normalized spacial score (nSPS) is 6.64. The molecule has 6 heteroatoms. The van der Waals surface area contributed by atoms with Gasteiger partial charge in [0.1, 0.15) is 0 Å². The van der Waals surface area contributed by atoms with Crippen LogP contribution in [0.2, 0.25) is 0 Å². The molecule has 0 fully saturated rings. The fourth-order valence-corrected chi connectivity index (χ4v) is 0.236. The van der Waals surface area contributed by atoms with Crippen LogP contribution in [-0.4, -0.2) is 29.7 Å². The Kier molecular flexibility index (Phi) is 9.11. The van der Waals surface area contributed by atoms with E-state index in [9.17, 15) is 9.59 Å². The molecule has 0 aliphatic rings. The van der Waals surface area contributed by atoms with Crippen LogP contribution in [-0.2, 0) is 19.2 Å². The first-order valence-corrected chi connectivity index (χ1v) is 2.60. The molecule has 0 aliphatic carbocycles. The lowest BCUT2D eigenvalue weighted by molar-refractivity contribution is -0.191. The number of hydrogen-bond donors (Lipinski definition) is 2. The molecule has 0 radical (unpaired) electrons. The van der Waals surface area contributed by atoms with E-state index in [0.29, 0.717) is 6.54 Å². The summed E-state index contributed by atoms with van der Waals surface area (Å²) in [7, 11) is 0. The van der Waals surface area contributed by atoms with Crippen LogP contribution in [0.1, 0.15) is 6.92 Å². The molecule has 0 atom stereocenters. The van der Waals surface area contributed by atoms with Gasteiger partial charge in [0.2, 0.25) is 0 Å². The average molecular weight is 161 g/mol. The van der Waals surface area contributed by atoms with E-state index >= 15 is 0 Å². The number of nitrogens with one attached hydrogen (secondary N) is 1. The maximum Gasteiger partial charge on any atom is 0.394 e. The summed E-state index contributed by atoms with van der Waals surface area (Å²) in [5.41, 5.74) is 0. The van der Waals surface area contributed by atoms with Gasteiger partial charge in [0.25, 0.3) is 0 Å². The van der Waals surface area contributed by atoms with Crippen molar-refractivity contribution in [1.82, 2.24) is 5.32 Å². The van der Waals surface area contributed by atoms with Crippen LogP contribution in [0.25, 0.3) is 0 Å². The molecule has 0 rings (SSSR count). The van der Waals surface area contributed by atoms with E-state index in [4.69, 9.17) is 14.7 Å². The molecule has 0 unspecified atom stereocenters. The number of carbonyl (C=O) groups is 2. The standard InChI is InChI=1S/C4H7NO3.CO2/c1-2-5-3(6)4(7)8;2-1-3/h2H2,1H3,(H,5,6)(H,7,8);. The highest BCUT2D eigenvalue weighted by Gasteiger charge is 2.06. The number of carboxylic acid groups (broad SMARTS) is 1. The van der Waals surface area contributed by atoms with Gasteiger partial charge in [-0.25, -0.2) is 4.79 Å². The SMILES string of the molecule is CCNC(=O)C(=O)O.O=C=O. The van der Waals surface area contributed by atoms with Crippen molar-refractivity contribution in [2.75, 3.05) is 6.54 Å². The van der Waals surface area contributed by atoms with E-state index in [1.807, 2.05) is 0 Å². The predicted molar refractivity (Wildman–Crippen MR) is 31.3 cm³/mol. The van der Waals surface area contributed by atoms with Gasteiger partial charge in [0.15, 0.2) is 0 Å². The second kappa shape index (κ2) is 8.32. The van der Waals surface area contributed by atoms with E-state index in [1.54, 1.807) is 6.92 Å². The summed E-state index contributed by atoms with van der Waals surface area (Å²) < 4.78 is 0. The minimum atomic E-state index is -1.44. The summed E-state index contributed by atoms with van der Waals surface area (Å²) in [4.78, 5) is 36.0. The van der Waals surface area contributed by atoms with E-state index in [-0.39, 0.29) is 6.15 Å². The van der Waals surface area contributed by atoms with Gasteiger partial charge < -0.3 is 10.4 Å². The van der Waals surface area contributed by atoms with Crippen molar-refractivity contribution in [3.63, 3.8) is 0 Å². The van der Waals surface area contributed by atoms with Crippen LogP contribution in [0.4, 0.5) is 0 Å². The molecule has 0 aromatic carbocycles. The monoisotopic (exact) mass is 161 g/mol. The van der Waals surface area contributed by atoms with Gasteiger partial charge in [-0.05, 0) is 6.92 Å². The number of rotatable bonds is 1. The third-order valence-corrected chi connectivity index (χ3v) is 0.532. The Balaban J connectivity index is 0. The number of hydrogen-bond acceptors (Lipinski definition) is 4. The molecule has 11 heavy (non-hydrogen) atoms. The van der Waals surface area contributed by atoms with E-state index in [0.717, 1.165) is 0 Å². The smallest absolute Gasteiger partial charge is 0.394 e. The highest BCUT2D eigenvalue weighted by Crippen LogP contribution is 1.62. The van der Waals surface area contributed by atoms with Gasteiger partial charge in [-0.2, -0.15) is 9.59 Å². The number of carboxylic acids is 1. The molecule has 0 aliphatic heterocycles. The number of likely N-dealkylation sites (N-methyl/N-ethyl adjacent to an activating group) is 1. The van der Waals surface area contributed by atoms with Gasteiger partial charge in [-0.1, -0.05) is 0 Å². The second-order valence-corrected chi connectivity index (χ2v) is 1.25. The summed E-state index contributed by atoms with van der Waals surface area (Å²) in [6, 6.07) is 0. The van der Waals surface area contributed by atoms with Gasteiger partial charge in [-0.15, -0.1) is 0 Å². The molecule has 1 amide bonds. The number of amides is 1. The van der Waals surface area contributed by atoms with E-state index in [1.165, 1.54) is 0 Å². The topological polar surface area (TPSA) is 101 Å². The summed E-state index contributed by atoms with van der Waals surface area (Å²) in [6.45, 7) is 2.01. The Morgan fingerprint density at radius 2 is 1.82 bits per heavy atom. The minimum absolute atomic E-state index is 0.250. The van der Waals surface area contributed by atoms with Crippen molar-refractivity contribution in [1.29, 1.82) is 0 Å². The van der Waals surface area contributed by atoms with Crippen molar-refractivity contribution in [2.45, 2.75) is 6.92 Å². The molecule has 6 nitrogen and oxygen atoms in total. The highest BCUT2D eigenvalue weighted by molar-refractivity contribution is 6.31. The van der Waals surface area contributed by atoms with Crippen LogP contribution < -0.4 is 5.32 Å². The highest BCUT2D eigenvalue weighted by atomic mass is 16.4. The zero-order valence-electron chi connectivity index (χ0n) is 5.79. The molecule has 0 bridgehead atoms. The van der Waals surface area contributed by atoms with Crippen molar-refractivity contribution in [3.8, 4) is 0 Å². The first-order chi connectivity index (χ1) is 5.09. The van der Waals surface area contributed by atoms with Gasteiger partial charge >= 0.3 is 18.0 Å². The van der Waals surface area contributed by atoms with Crippen molar-refractivity contribution >= 4 is 18.0 Å². The molecule has 0 heterocycles. The van der Waals surface area contributed by atoms with Gasteiger partial charge in [0.05, 0.1) is 0 Å². The van der Waals surface area contributed by atoms with E-state index in [2.05, 4.69) is 5.32 Å². The lowest BCUT2D eigenvalue weighted by Crippen LogP contribution is -2.30. The minimum Gasteiger partial charge on any atom is -0.474 e. The lowest BCUT2D eigenvalue weighted by atomic mass is 10.6. The third-order valence-electron chi connectivity index (χ3n) is 0.532. The maximum atomic E-state index is 10.0. The summed E-state index contributed by atoms with van der Waals surface area (Å²) in [5, 5.41) is 10.0. The molecule has 0 spiro atoms. The van der Waals surface area contributed by atoms with Gasteiger partial charge in [0, 0.05) is 6.54 Å². The predicted octanol–water partition coefficient (Wildman–Crippen LogP) is -1.38. The lowest BCUT2D eigenvalue weighted by Gasteiger charge is -1.91. The van der Waals surface area contributed by atoms with Gasteiger partial charge in [-0.3, -0.25) is 4.79 Å². The Bertz CT molecular complexity index is 170. The zero-order chi connectivity index (χ0) is 9.28. The quantitative estimate of drug-likeness (QED) is 0.462. The number of carbonyl (C=O) groups excluding carboxylic acids is 3. The molecule has 0 saturated heterocycles.